The van der Waals surface area contributed by atoms with E-state index >= 15 is 0 Å². The van der Waals surface area contributed by atoms with Gasteiger partial charge in [0, 0.05) is 11.9 Å². The molecule has 0 aliphatic carbocycles. The van der Waals surface area contributed by atoms with Gasteiger partial charge in [-0.25, -0.2) is 21.6 Å². The van der Waals surface area contributed by atoms with Gasteiger partial charge in [-0.3, -0.25) is 9.10 Å². The first-order valence-corrected chi connectivity index (χ1v) is 11.9. The number of sulfonamides is 1. The molecule has 0 saturated carbocycles. The topological polar surface area (TPSA) is 127 Å². The van der Waals surface area contributed by atoms with E-state index in [1.165, 1.54) is 55.6 Å². The number of methoxy groups -OCH3 is 1. The molecular weight excluding hydrogens is 420 g/mol. The minimum Gasteiger partial charge on any atom is -0.465 e. The Morgan fingerprint density at radius 2 is 1.48 bits per heavy atom. The van der Waals surface area contributed by atoms with Crippen LogP contribution in [0.3, 0.4) is 0 Å². The third-order valence-corrected chi connectivity index (χ3v) is 6.10. The van der Waals surface area contributed by atoms with Gasteiger partial charge in [0.15, 0.2) is 9.84 Å². The van der Waals surface area contributed by atoms with E-state index in [0.29, 0.717) is 5.69 Å². The number of benzene rings is 2. The molecule has 2 rings (SSSR count). The molecule has 11 heteroatoms. The highest BCUT2D eigenvalue weighted by Gasteiger charge is 2.21. The van der Waals surface area contributed by atoms with Crippen molar-refractivity contribution in [3.8, 4) is 0 Å². The highest BCUT2D eigenvalue weighted by molar-refractivity contribution is 7.92. The number of carbonyl (C=O) groups is 2. The summed E-state index contributed by atoms with van der Waals surface area (Å²) in [5, 5.41) is 2.52. The molecule has 0 fully saturated rings. The number of hydrogen-bond donors (Lipinski definition) is 1. The molecular formula is C18H20N2O7S2. The maximum atomic E-state index is 12.3. The van der Waals surface area contributed by atoms with Crippen molar-refractivity contribution in [3.05, 3.63) is 54.1 Å². The Labute approximate surface area is 169 Å². The van der Waals surface area contributed by atoms with Gasteiger partial charge in [-0.05, 0) is 48.5 Å². The smallest absolute Gasteiger partial charge is 0.337 e. The van der Waals surface area contributed by atoms with E-state index in [-0.39, 0.29) is 16.1 Å². The molecule has 1 amide bonds. The van der Waals surface area contributed by atoms with Crippen molar-refractivity contribution in [1.82, 2.24) is 0 Å². The van der Waals surface area contributed by atoms with Gasteiger partial charge >= 0.3 is 5.97 Å². The first kappa shape index (κ1) is 22.4. The van der Waals surface area contributed by atoms with Crippen LogP contribution >= 0.6 is 0 Å². The zero-order valence-electron chi connectivity index (χ0n) is 15.9. The molecule has 29 heavy (non-hydrogen) atoms. The van der Waals surface area contributed by atoms with Crippen LogP contribution in [0.15, 0.2) is 53.4 Å². The Kier molecular flexibility index (Phi) is 6.65. The maximum absolute atomic E-state index is 12.3. The number of carbonyl (C=O) groups excluding carboxylic acids is 2. The lowest BCUT2D eigenvalue weighted by Crippen LogP contribution is -2.37. The SMILES string of the molecule is COC(=O)c1ccc(N(CC(=O)Nc2ccc(S(C)(=O)=O)cc2)S(C)(=O)=O)cc1. The van der Waals surface area contributed by atoms with Crippen molar-refractivity contribution in [2.24, 2.45) is 0 Å². The fraction of sp³-hybridized carbons (Fsp3) is 0.222. The second-order valence-electron chi connectivity index (χ2n) is 6.15. The summed E-state index contributed by atoms with van der Waals surface area (Å²) < 4.78 is 52.7. The van der Waals surface area contributed by atoms with Crippen LogP contribution in [0.5, 0.6) is 0 Å². The molecule has 156 valence electrons. The van der Waals surface area contributed by atoms with Crippen molar-refractivity contribution < 1.29 is 31.2 Å². The molecule has 0 aromatic heterocycles. The minimum atomic E-state index is -3.79. The molecule has 0 spiro atoms. The van der Waals surface area contributed by atoms with Crippen LogP contribution in [0.2, 0.25) is 0 Å². The average Bonchev–Trinajstić information content (AvgIpc) is 2.64. The van der Waals surface area contributed by atoms with Gasteiger partial charge in [-0.2, -0.15) is 0 Å². The zero-order valence-corrected chi connectivity index (χ0v) is 17.6. The fourth-order valence-electron chi connectivity index (χ4n) is 2.40. The standard InChI is InChI=1S/C18H20N2O7S2/c1-27-18(22)13-4-8-15(9-5-13)20(29(3,25)26)12-17(21)19-14-6-10-16(11-7-14)28(2,23)24/h4-11H,12H2,1-3H3,(H,19,21). The third-order valence-electron chi connectivity index (χ3n) is 3.83. The fourth-order valence-corrected chi connectivity index (χ4v) is 3.88. The number of sulfone groups is 1. The molecule has 0 aliphatic heterocycles. The van der Waals surface area contributed by atoms with Gasteiger partial charge in [-0.1, -0.05) is 0 Å². The Morgan fingerprint density at radius 3 is 1.93 bits per heavy atom. The van der Waals surface area contributed by atoms with Crippen molar-refractivity contribution in [3.63, 3.8) is 0 Å². The molecule has 0 unspecified atom stereocenters. The summed E-state index contributed by atoms with van der Waals surface area (Å²) >= 11 is 0. The maximum Gasteiger partial charge on any atom is 0.337 e. The lowest BCUT2D eigenvalue weighted by Gasteiger charge is -2.22. The number of rotatable bonds is 7. The van der Waals surface area contributed by atoms with Crippen molar-refractivity contribution >= 4 is 43.1 Å². The number of hydrogen-bond acceptors (Lipinski definition) is 7. The summed E-state index contributed by atoms with van der Waals surface area (Å²) in [6, 6.07) is 11.1. The number of anilines is 2. The summed E-state index contributed by atoms with van der Waals surface area (Å²) in [4.78, 5) is 23.9. The molecule has 1 N–H and O–H groups in total. The molecule has 0 bridgehead atoms. The molecule has 0 aliphatic rings. The summed E-state index contributed by atoms with van der Waals surface area (Å²) in [6.07, 6.45) is 2.02. The van der Waals surface area contributed by atoms with Gasteiger partial charge in [0.2, 0.25) is 15.9 Å². The highest BCUT2D eigenvalue weighted by atomic mass is 32.2. The van der Waals surface area contributed by atoms with Crippen molar-refractivity contribution in [1.29, 1.82) is 0 Å². The van der Waals surface area contributed by atoms with E-state index in [4.69, 9.17) is 0 Å². The Balaban J connectivity index is 2.18. The van der Waals surface area contributed by atoms with Gasteiger partial charge < -0.3 is 10.1 Å². The van der Waals surface area contributed by atoms with Gasteiger partial charge in [-0.15, -0.1) is 0 Å². The molecule has 0 saturated heterocycles. The van der Waals surface area contributed by atoms with E-state index in [0.717, 1.165) is 16.8 Å². The molecule has 2 aromatic rings. The quantitative estimate of drug-likeness (QED) is 0.643. The van der Waals surface area contributed by atoms with E-state index in [9.17, 15) is 26.4 Å². The van der Waals surface area contributed by atoms with Gasteiger partial charge in [0.25, 0.3) is 0 Å². The number of amides is 1. The summed E-state index contributed by atoms with van der Waals surface area (Å²) in [7, 11) is -5.93. The van der Waals surface area contributed by atoms with E-state index in [2.05, 4.69) is 10.1 Å². The number of nitrogens with zero attached hydrogens (tertiary/aromatic N) is 1. The number of esters is 1. The highest BCUT2D eigenvalue weighted by Crippen LogP contribution is 2.19. The lowest BCUT2D eigenvalue weighted by molar-refractivity contribution is -0.114. The predicted octanol–water partition coefficient (Wildman–Crippen LogP) is 1.28. The Morgan fingerprint density at radius 1 is 0.931 bits per heavy atom. The Hall–Kier alpha value is -2.92. The largest absolute Gasteiger partial charge is 0.465 e. The third kappa shape index (κ3) is 6.03. The molecule has 9 nitrogen and oxygen atoms in total. The summed E-state index contributed by atoms with van der Waals surface area (Å²) in [5.41, 5.74) is 0.750. The first-order chi connectivity index (χ1) is 13.4. The lowest BCUT2D eigenvalue weighted by atomic mass is 10.2. The Bertz CT molecular complexity index is 1110. The minimum absolute atomic E-state index is 0.0963. The molecule has 0 atom stereocenters. The predicted molar refractivity (Wildman–Crippen MR) is 108 cm³/mol. The van der Waals surface area contributed by atoms with Crippen molar-refractivity contribution in [2.75, 3.05) is 35.8 Å². The van der Waals surface area contributed by atoms with Crippen LogP contribution in [0, 0.1) is 0 Å². The summed E-state index contributed by atoms with van der Waals surface area (Å²) in [5.74, 6) is -1.20. The summed E-state index contributed by atoms with van der Waals surface area (Å²) in [6.45, 7) is -0.510. The van der Waals surface area contributed by atoms with Crippen molar-refractivity contribution in [2.45, 2.75) is 4.90 Å². The van der Waals surface area contributed by atoms with Gasteiger partial charge in [0.05, 0.1) is 29.5 Å². The molecule has 0 heterocycles. The van der Waals surface area contributed by atoms with Crippen LogP contribution in [-0.4, -0.2) is 54.9 Å². The molecule has 2 aromatic carbocycles. The second kappa shape index (κ2) is 8.62. The van der Waals surface area contributed by atoms with Gasteiger partial charge in [0.1, 0.15) is 6.54 Å². The van der Waals surface area contributed by atoms with Crippen LogP contribution < -0.4 is 9.62 Å². The first-order valence-electron chi connectivity index (χ1n) is 8.18. The van der Waals surface area contributed by atoms with E-state index < -0.39 is 38.3 Å². The second-order valence-corrected chi connectivity index (χ2v) is 10.1. The van der Waals surface area contributed by atoms with E-state index in [1.54, 1.807) is 0 Å². The monoisotopic (exact) mass is 440 g/mol. The number of ether oxygens (including phenoxy) is 1. The molecule has 0 radical (unpaired) electrons. The average molecular weight is 440 g/mol. The van der Waals surface area contributed by atoms with Crippen LogP contribution in [-0.2, 0) is 29.4 Å². The van der Waals surface area contributed by atoms with Crippen LogP contribution in [0.25, 0.3) is 0 Å². The normalized spacial score (nSPS) is 11.6. The van der Waals surface area contributed by atoms with Crippen LogP contribution in [0.1, 0.15) is 10.4 Å². The van der Waals surface area contributed by atoms with E-state index in [1.807, 2.05) is 0 Å². The van der Waals surface area contributed by atoms with Crippen LogP contribution in [0.4, 0.5) is 11.4 Å². The zero-order chi connectivity index (χ0) is 21.8. The number of nitrogens with one attached hydrogen (secondary N) is 1.